The van der Waals surface area contributed by atoms with Crippen molar-refractivity contribution in [2.24, 2.45) is 0 Å². The molecule has 1 N–H and O–H groups in total. The van der Waals surface area contributed by atoms with Crippen molar-refractivity contribution in [1.29, 1.82) is 0 Å². The molecule has 2 aromatic heterocycles. The molecule has 1 fully saturated rings. The first-order valence-electron chi connectivity index (χ1n) is 8.06. The van der Waals surface area contributed by atoms with Crippen LogP contribution in [0.4, 0.5) is 0 Å². The molecule has 5 heteroatoms. The lowest BCUT2D eigenvalue weighted by molar-refractivity contribution is -0.0182. The molecule has 3 rings (SSSR count). The molecule has 5 nitrogen and oxygen atoms in total. The number of nitrogens with zero attached hydrogens (tertiary/aromatic N) is 3. The minimum Gasteiger partial charge on any atom is -0.369 e. The second kappa shape index (κ2) is 7.03. The third-order valence-corrected chi connectivity index (χ3v) is 4.34. The molecule has 1 aliphatic rings. The monoisotopic (exact) mass is 300 g/mol. The molecule has 0 spiro atoms. The van der Waals surface area contributed by atoms with Gasteiger partial charge in [-0.15, -0.1) is 0 Å². The van der Waals surface area contributed by atoms with Crippen LogP contribution in [0.1, 0.15) is 43.0 Å². The summed E-state index contributed by atoms with van der Waals surface area (Å²) in [7, 11) is 0. The molecule has 1 saturated heterocycles. The Hall–Kier alpha value is -1.72. The van der Waals surface area contributed by atoms with E-state index in [1.54, 1.807) is 0 Å². The van der Waals surface area contributed by atoms with E-state index in [-0.39, 0.29) is 6.10 Å². The van der Waals surface area contributed by atoms with E-state index in [0.717, 1.165) is 44.1 Å². The first kappa shape index (κ1) is 15.2. The van der Waals surface area contributed by atoms with Gasteiger partial charge in [0, 0.05) is 50.0 Å². The van der Waals surface area contributed by atoms with E-state index in [2.05, 4.69) is 39.8 Å². The second-order valence-electron chi connectivity index (χ2n) is 5.74. The Bertz CT molecular complexity index is 610. The van der Waals surface area contributed by atoms with Crippen molar-refractivity contribution < 1.29 is 4.74 Å². The molecule has 0 radical (unpaired) electrons. The fourth-order valence-electron chi connectivity index (χ4n) is 3.04. The maximum atomic E-state index is 6.03. The highest BCUT2D eigenvalue weighted by Crippen LogP contribution is 2.27. The van der Waals surface area contributed by atoms with Gasteiger partial charge in [0.1, 0.15) is 11.9 Å². The summed E-state index contributed by atoms with van der Waals surface area (Å²) < 4.78 is 8.20. The molecule has 22 heavy (non-hydrogen) atoms. The number of rotatable bonds is 5. The molecule has 0 unspecified atom stereocenters. The average Bonchev–Trinajstić information content (AvgIpc) is 3.03. The topological polar surface area (TPSA) is 52.0 Å². The van der Waals surface area contributed by atoms with E-state index < -0.39 is 0 Å². The maximum absolute atomic E-state index is 6.03. The Morgan fingerprint density at radius 1 is 1.36 bits per heavy atom. The summed E-state index contributed by atoms with van der Waals surface area (Å²) in [6.07, 6.45) is 7.95. The highest BCUT2D eigenvalue weighted by Gasteiger charge is 2.30. The molecule has 2 aromatic rings. The molecule has 0 bridgehead atoms. The number of aryl methyl sites for hydroxylation is 2. The van der Waals surface area contributed by atoms with E-state index in [0.29, 0.717) is 6.04 Å². The minimum absolute atomic E-state index is 0.0284. The van der Waals surface area contributed by atoms with Crippen molar-refractivity contribution in [3.05, 3.63) is 47.8 Å². The first-order valence-corrected chi connectivity index (χ1v) is 8.06. The number of nitrogens with one attached hydrogen (secondary N) is 1. The Labute approximate surface area is 131 Å². The standard InChI is InChI=1S/C17H24N4O/c1-3-21-10-9-19-17(21)16-15(7-5-11-22-16)20-12-14-6-4-8-18-13(14)2/h4,6,8-10,15-16,20H,3,5,7,11-12H2,1-2H3/t15-,16-/m0/s1. The highest BCUT2D eigenvalue weighted by atomic mass is 16.5. The number of pyridine rings is 1. The van der Waals surface area contributed by atoms with Gasteiger partial charge in [-0.1, -0.05) is 6.07 Å². The number of hydrogen-bond donors (Lipinski definition) is 1. The zero-order valence-electron chi connectivity index (χ0n) is 13.3. The quantitative estimate of drug-likeness (QED) is 0.922. The van der Waals surface area contributed by atoms with E-state index in [4.69, 9.17) is 4.74 Å². The molecule has 0 aliphatic carbocycles. The van der Waals surface area contributed by atoms with Gasteiger partial charge in [-0.3, -0.25) is 4.98 Å². The van der Waals surface area contributed by atoms with Gasteiger partial charge in [0.05, 0.1) is 0 Å². The third-order valence-electron chi connectivity index (χ3n) is 4.34. The van der Waals surface area contributed by atoms with Gasteiger partial charge in [0.15, 0.2) is 0 Å². The Balaban J connectivity index is 1.72. The van der Waals surface area contributed by atoms with Gasteiger partial charge >= 0.3 is 0 Å². The smallest absolute Gasteiger partial charge is 0.139 e. The van der Waals surface area contributed by atoms with E-state index in [1.807, 2.05) is 24.7 Å². The average molecular weight is 300 g/mol. The number of hydrogen-bond acceptors (Lipinski definition) is 4. The summed E-state index contributed by atoms with van der Waals surface area (Å²) in [5, 5.41) is 3.65. The van der Waals surface area contributed by atoms with Crippen molar-refractivity contribution in [2.75, 3.05) is 6.61 Å². The fourth-order valence-corrected chi connectivity index (χ4v) is 3.04. The summed E-state index contributed by atoms with van der Waals surface area (Å²) in [4.78, 5) is 8.87. The van der Waals surface area contributed by atoms with Crippen LogP contribution < -0.4 is 5.32 Å². The van der Waals surface area contributed by atoms with Crippen molar-refractivity contribution >= 4 is 0 Å². The number of imidazole rings is 1. The number of ether oxygens (including phenoxy) is 1. The molecule has 1 aliphatic heterocycles. The van der Waals surface area contributed by atoms with Crippen LogP contribution in [-0.4, -0.2) is 27.2 Å². The van der Waals surface area contributed by atoms with Crippen LogP contribution in [0.2, 0.25) is 0 Å². The Morgan fingerprint density at radius 2 is 2.27 bits per heavy atom. The van der Waals surface area contributed by atoms with Gasteiger partial charge < -0.3 is 14.6 Å². The van der Waals surface area contributed by atoms with E-state index in [9.17, 15) is 0 Å². The van der Waals surface area contributed by atoms with Gasteiger partial charge in [-0.05, 0) is 38.3 Å². The van der Waals surface area contributed by atoms with Crippen LogP contribution in [0, 0.1) is 6.92 Å². The third kappa shape index (κ3) is 3.20. The SMILES string of the molecule is CCn1ccnc1[C@H]1OCCC[C@@H]1NCc1cccnc1C. The van der Waals surface area contributed by atoms with Crippen LogP contribution in [0.15, 0.2) is 30.7 Å². The molecular weight excluding hydrogens is 276 g/mol. The fraction of sp³-hybridized carbons (Fsp3) is 0.529. The van der Waals surface area contributed by atoms with Crippen LogP contribution in [0.5, 0.6) is 0 Å². The van der Waals surface area contributed by atoms with Gasteiger partial charge in [0.2, 0.25) is 0 Å². The van der Waals surface area contributed by atoms with Gasteiger partial charge in [-0.2, -0.15) is 0 Å². The molecular formula is C17H24N4O. The van der Waals surface area contributed by atoms with Crippen molar-refractivity contribution in [2.45, 2.75) is 51.9 Å². The highest BCUT2D eigenvalue weighted by molar-refractivity contribution is 5.18. The van der Waals surface area contributed by atoms with Crippen molar-refractivity contribution in [3.8, 4) is 0 Å². The summed E-state index contributed by atoms with van der Waals surface area (Å²) >= 11 is 0. The Morgan fingerprint density at radius 3 is 3.09 bits per heavy atom. The second-order valence-corrected chi connectivity index (χ2v) is 5.74. The van der Waals surface area contributed by atoms with E-state index in [1.165, 1.54) is 5.56 Å². The molecule has 118 valence electrons. The summed E-state index contributed by atoms with van der Waals surface area (Å²) in [5.41, 5.74) is 2.32. The Kier molecular flexibility index (Phi) is 4.85. The van der Waals surface area contributed by atoms with E-state index >= 15 is 0 Å². The lowest BCUT2D eigenvalue weighted by Crippen LogP contribution is -2.40. The lowest BCUT2D eigenvalue weighted by atomic mass is 10.0. The normalized spacial score (nSPS) is 21.9. The largest absolute Gasteiger partial charge is 0.369 e. The van der Waals surface area contributed by atoms with Crippen LogP contribution in [-0.2, 0) is 17.8 Å². The van der Waals surface area contributed by atoms with Gasteiger partial charge in [0.25, 0.3) is 0 Å². The van der Waals surface area contributed by atoms with Crippen molar-refractivity contribution in [3.63, 3.8) is 0 Å². The number of aromatic nitrogens is 3. The first-order chi connectivity index (χ1) is 10.8. The molecule has 0 aromatic carbocycles. The predicted molar refractivity (Wildman–Crippen MR) is 85.4 cm³/mol. The van der Waals surface area contributed by atoms with Crippen LogP contribution in [0.3, 0.4) is 0 Å². The zero-order valence-corrected chi connectivity index (χ0v) is 13.3. The van der Waals surface area contributed by atoms with Crippen LogP contribution in [0.25, 0.3) is 0 Å². The molecule has 0 amide bonds. The van der Waals surface area contributed by atoms with Crippen LogP contribution >= 0.6 is 0 Å². The zero-order chi connectivity index (χ0) is 15.4. The maximum Gasteiger partial charge on any atom is 0.139 e. The minimum atomic E-state index is 0.0284. The van der Waals surface area contributed by atoms with Gasteiger partial charge in [-0.25, -0.2) is 4.98 Å². The summed E-state index contributed by atoms with van der Waals surface area (Å²) in [6.45, 7) is 6.73. The lowest BCUT2D eigenvalue weighted by Gasteiger charge is -2.32. The van der Waals surface area contributed by atoms with Crippen molar-refractivity contribution in [1.82, 2.24) is 19.9 Å². The summed E-state index contributed by atoms with van der Waals surface area (Å²) in [6, 6.07) is 4.41. The summed E-state index contributed by atoms with van der Waals surface area (Å²) in [5.74, 6) is 1.03. The molecule has 0 saturated carbocycles. The predicted octanol–water partition coefficient (Wildman–Crippen LogP) is 2.62. The molecule has 2 atom stereocenters. The molecule has 3 heterocycles.